The number of nitrogens with zero attached hydrogens (tertiary/aromatic N) is 1. The summed E-state index contributed by atoms with van der Waals surface area (Å²) in [5.41, 5.74) is 12.3. The van der Waals surface area contributed by atoms with Crippen LogP contribution in [0, 0.1) is 13.8 Å². The molecule has 2 nitrogen and oxygen atoms in total. The van der Waals surface area contributed by atoms with Crippen LogP contribution < -0.4 is 10.6 Å². The number of nitrogens with two attached hydrogens (primary N) is 1. The van der Waals surface area contributed by atoms with Crippen molar-refractivity contribution in [3.05, 3.63) is 64.7 Å². The van der Waals surface area contributed by atoms with Gasteiger partial charge in [0.2, 0.25) is 0 Å². The Balaban J connectivity index is 2.21. The Bertz CT molecular complexity index is 555. The molecule has 0 aliphatic heterocycles. The van der Waals surface area contributed by atoms with E-state index in [0.717, 1.165) is 13.0 Å². The third-order valence-corrected chi connectivity index (χ3v) is 3.59. The lowest BCUT2D eigenvalue weighted by atomic mass is 10.0. The lowest BCUT2D eigenvalue weighted by molar-refractivity contribution is 0.880. The van der Waals surface area contributed by atoms with Crippen LogP contribution in [0.5, 0.6) is 0 Å². The van der Waals surface area contributed by atoms with Crippen molar-refractivity contribution < 1.29 is 0 Å². The quantitative estimate of drug-likeness (QED) is 0.900. The highest BCUT2D eigenvalue weighted by atomic mass is 15.1. The maximum Gasteiger partial charge on any atom is 0.0428 e. The van der Waals surface area contributed by atoms with Gasteiger partial charge in [0.05, 0.1) is 0 Å². The molecule has 0 spiro atoms. The van der Waals surface area contributed by atoms with Crippen molar-refractivity contribution in [2.24, 2.45) is 5.73 Å². The van der Waals surface area contributed by atoms with Crippen molar-refractivity contribution in [3.8, 4) is 0 Å². The summed E-state index contributed by atoms with van der Waals surface area (Å²) < 4.78 is 0. The normalized spacial score (nSPS) is 10.6. The number of hydrogen-bond donors (Lipinski definition) is 1. The fourth-order valence-corrected chi connectivity index (χ4v) is 2.63. The summed E-state index contributed by atoms with van der Waals surface area (Å²) in [5, 5.41) is 0. The van der Waals surface area contributed by atoms with Gasteiger partial charge in [-0.2, -0.15) is 0 Å². The molecule has 2 aromatic carbocycles. The molecular formula is C18H24N2. The molecule has 20 heavy (non-hydrogen) atoms. The summed E-state index contributed by atoms with van der Waals surface area (Å²) >= 11 is 0. The molecule has 0 aromatic heterocycles. The fourth-order valence-electron chi connectivity index (χ4n) is 2.63. The zero-order chi connectivity index (χ0) is 14.5. The second-order valence-corrected chi connectivity index (χ2v) is 5.51. The number of benzene rings is 2. The molecule has 0 aliphatic carbocycles. The molecule has 0 unspecified atom stereocenters. The second-order valence-electron chi connectivity index (χ2n) is 5.51. The average molecular weight is 268 g/mol. The van der Waals surface area contributed by atoms with Gasteiger partial charge in [0.15, 0.2) is 0 Å². The molecular weight excluding hydrogens is 244 g/mol. The number of anilines is 1. The molecule has 0 radical (unpaired) electrons. The molecule has 0 bridgehead atoms. The maximum absolute atomic E-state index is 5.70. The minimum absolute atomic E-state index is 0.699. The molecule has 2 N–H and O–H groups in total. The first-order chi connectivity index (χ1) is 9.60. The maximum atomic E-state index is 5.70. The predicted molar refractivity (Wildman–Crippen MR) is 87.2 cm³/mol. The summed E-state index contributed by atoms with van der Waals surface area (Å²) in [4.78, 5) is 2.30. The van der Waals surface area contributed by atoms with Gasteiger partial charge >= 0.3 is 0 Å². The van der Waals surface area contributed by atoms with E-state index in [1.165, 1.54) is 27.9 Å². The topological polar surface area (TPSA) is 29.3 Å². The van der Waals surface area contributed by atoms with Crippen LogP contribution >= 0.6 is 0 Å². The monoisotopic (exact) mass is 268 g/mol. The molecule has 0 atom stereocenters. The lowest BCUT2D eigenvalue weighted by Gasteiger charge is -2.22. The molecule has 106 valence electrons. The van der Waals surface area contributed by atoms with E-state index < -0.39 is 0 Å². The smallest absolute Gasteiger partial charge is 0.0428 e. The Morgan fingerprint density at radius 3 is 2.15 bits per heavy atom. The van der Waals surface area contributed by atoms with Gasteiger partial charge in [-0.3, -0.25) is 0 Å². The van der Waals surface area contributed by atoms with Crippen LogP contribution in [0.3, 0.4) is 0 Å². The molecule has 2 heteroatoms. The van der Waals surface area contributed by atoms with Gasteiger partial charge in [-0.1, -0.05) is 30.3 Å². The van der Waals surface area contributed by atoms with Crippen molar-refractivity contribution in [1.29, 1.82) is 0 Å². The van der Waals surface area contributed by atoms with E-state index in [4.69, 9.17) is 5.73 Å². The highest BCUT2D eigenvalue weighted by molar-refractivity contribution is 5.51. The number of rotatable bonds is 5. The number of aryl methyl sites for hydroxylation is 2. The molecule has 0 saturated heterocycles. The van der Waals surface area contributed by atoms with Crippen LogP contribution in [0.1, 0.15) is 22.3 Å². The van der Waals surface area contributed by atoms with Gasteiger partial charge in [-0.05, 0) is 61.2 Å². The predicted octanol–water partition coefficient (Wildman–Crippen LogP) is 3.44. The van der Waals surface area contributed by atoms with Crippen molar-refractivity contribution >= 4 is 5.69 Å². The zero-order valence-corrected chi connectivity index (χ0v) is 12.7. The van der Waals surface area contributed by atoms with Crippen molar-refractivity contribution in [2.75, 3.05) is 18.5 Å². The van der Waals surface area contributed by atoms with Gasteiger partial charge in [-0.15, -0.1) is 0 Å². The van der Waals surface area contributed by atoms with Crippen LogP contribution in [0.2, 0.25) is 0 Å². The van der Waals surface area contributed by atoms with E-state index in [9.17, 15) is 0 Å². The summed E-state index contributed by atoms with van der Waals surface area (Å²) in [6, 6.07) is 15.2. The average Bonchev–Trinajstić information content (AvgIpc) is 2.40. The Morgan fingerprint density at radius 1 is 0.950 bits per heavy atom. The Hall–Kier alpha value is -1.80. The van der Waals surface area contributed by atoms with Gasteiger partial charge < -0.3 is 10.6 Å². The van der Waals surface area contributed by atoms with Crippen LogP contribution in [0.15, 0.2) is 42.5 Å². The molecule has 0 saturated carbocycles. The van der Waals surface area contributed by atoms with Gasteiger partial charge in [-0.25, -0.2) is 0 Å². The van der Waals surface area contributed by atoms with Crippen LogP contribution in [0.25, 0.3) is 0 Å². The third-order valence-electron chi connectivity index (χ3n) is 3.59. The van der Waals surface area contributed by atoms with E-state index in [1.807, 2.05) is 0 Å². The van der Waals surface area contributed by atoms with Gasteiger partial charge in [0, 0.05) is 19.3 Å². The molecule has 0 amide bonds. The molecule has 0 fully saturated rings. The lowest BCUT2D eigenvalue weighted by Crippen LogP contribution is -2.18. The van der Waals surface area contributed by atoms with Gasteiger partial charge in [0.1, 0.15) is 0 Å². The summed E-state index contributed by atoms with van der Waals surface area (Å²) in [6.45, 7) is 5.91. The van der Waals surface area contributed by atoms with E-state index in [-0.39, 0.29) is 0 Å². The standard InChI is InChI=1S/C18H24N2/c1-14-10-15(2)12-18(11-14)20(3)13-17-7-5-4-6-16(17)8-9-19/h4-7,10-12H,8-9,13,19H2,1-3H3. The second kappa shape index (κ2) is 6.58. The largest absolute Gasteiger partial charge is 0.370 e. The molecule has 2 aromatic rings. The first kappa shape index (κ1) is 14.6. The fraction of sp³-hybridized carbons (Fsp3) is 0.333. The highest BCUT2D eigenvalue weighted by Gasteiger charge is 2.07. The summed E-state index contributed by atoms with van der Waals surface area (Å²) in [6.07, 6.45) is 0.941. The minimum atomic E-state index is 0.699. The van der Waals surface area contributed by atoms with E-state index in [2.05, 4.69) is 68.3 Å². The van der Waals surface area contributed by atoms with E-state index in [1.54, 1.807) is 0 Å². The summed E-state index contributed by atoms with van der Waals surface area (Å²) in [7, 11) is 2.15. The third kappa shape index (κ3) is 3.61. The van der Waals surface area contributed by atoms with Crippen molar-refractivity contribution in [3.63, 3.8) is 0 Å². The molecule has 0 heterocycles. The minimum Gasteiger partial charge on any atom is -0.370 e. The Kier molecular flexibility index (Phi) is 4.80. The molecule has 0 aliphatic rings. The van der Waals surface area contributed by atoms with Crippen LogP contribution in [0.4, 0.5) is 5.69 Å². The Labute approximate surface area is 122 Å². The first-order valence-electron chi connectivity index (χ1n) is 7.16. The molecule has 2 rings (SSSR count). The number of hydrogen-bond acceptors (Lipinski definition) is 2. The van der Waals surface area contributed by atoms with E-state index in [0.29, 0.717) is 6.54 Å². The Morgan fingerprint density at radius 2 is 1.55 bits per heavy atom. The SMILES string of the molecule is Cc1cc(C)cc(N(C)Cc2ccccc2CCN)c1. The zero-order valence-electron chi connectivity index (χ0n) is 12.7. The summed E-state index contributed by atoms with van der Waals surface area (Å²) in [5.74, 6) is 0. The van der Waals surface area contributed by atoms with Crippen molar-refractivity contribution in [1.82, 2.24) is 0 Å². The van der Waals surface area contributed by atoms with Crippen LogP contribution in [-0.2, 0) is 13.0 Å². The van der Waals surface area contributed by atoms with Crippen molar-refractivity contribution in [2.45, 2.75) is 26.8 Å². The van der Waals surface area contributed by atoms with E-state index >= 15 is 0 Å². The van der Waals surface area contributed by atoms with Gasteiger partial charge in [0.25, 0.3) is 0 Å². The highest BCUT2D eigenvalue weighted by Crippen LogP contribution is 2.20. The van der Waals surface area contributed by atoms with Crippen LogP contribution in [-0.4, -0.2) is 13.6 Å². The first-order valence-corrected chi connectivity index (χ1v) is 7.16.